The quantitative estimate of drug-likeness (QED) is 0.0213. The number of aliphatic hydroxyl groups is 2. The Morgan fingerprint density at radius 1 is 0.232 bits per heavy atom. The van der Waals surface area contributed by atoms with Crippen LogP contribution in [0.15, 0.2) is 281 Å². The van der Waals surface area contributed by atoms with Crippen LogP contribution in [0, 0.1) is 0 Å². The van der Waals surface area contributed by atoms with Crippen molar-refractivity contribution in [2.45, 2.75) is 335 Å². The second-order valence-corrected chi connectivity index (χ2v) is 28.9. The Kier molecular flexibility index (Phi) is 142. The van der Waals surface area contributed by atoms with Gasteiger partial charge in [-0.15, -0.1) is 26.3 Å². The first kappa shape index (κ1) is 153. The summed E-state index contributed by atoms with van der Waals surface area (Å²) in [6, 6.07) is 74.0. The SMILES string of the molecule is C=CCOCC(O)COc1ccccc1.C=CCOCC(O)COc1ccccc1.C=CCc1ccccc1OCC1CO1.C=CCc1ccccc1OCC1CO1.CC.CC.CC.CC.CC.CC.CC.CC.CCC.CCC.CCC.CCC.CCC.CCC.CCC.CCC.c1ccc(OCC2CO2)cc1.c1ccc(OCC2CO2)cc1.c1ccc(OCC2CO2)cc1.c1ccc(OCC2CO2)cc1. The lowest BCUT2D eigenvalue weighted by Crippen LogP contribution is -2.23. The summed E-state index contributed by atoms with van der Waals surface area (Å²) >= 11 is 0. The van der Waals surface area contributed by atoms with Gasteiger partial charge in [0.25, 0.3) is 0 Å². The predicted molar refractivity (Wildman–Crippen MR) is 614 cm³/mol. The van der Waals surface area contributed by atoms with Gasteiger partial charge in [0.2, 0.25) is 0 Å². The molecule has 8 aromatic rings. The van der Waals surface area contributed by atoms with Gasteiger partial charge in [0.1, 0.15) is 148 Å². The Balaban J connectivity index is -0.000000167. The van der Waals surface area contributed by atoms with E-state index in [0.717, 1.165) is 98.5 Å². The van der Waals surface area contributed by atoms with Crippen molar-refractivity contribution in [3.63, 3.8) is 0 Å². The van der Waals surface area contributed by atoms with E-state index in [1.807, 2.05) is 341 Å². The number of ether oxygens (including phenoxy) is 16. The summed E-state index contributed by atoms with van der Waals surface area (Å²) in [5, 5.41) is 18.9. The minimum Gasteiger partial charge on any atom is -0.491 e. The van der Waals surface area contributed by atoms with Crippen LogP contribution in [-0.4, -0.2) is 178 Å². The van der Waals surface area contributed by atoms with Crippen molar-refractivity contribution in [1.29, 1.82) is 0 Å². The zero-order valence-corrected chi connectivity index (χ0v) is 95.9. The molecule has 816 valence electrons. The lowest BCUT2D eigenvalue weighted by molar-refractivity contribution is 0.0214. The van der Waals surface area contributed by atoms with Crippen LogP contribution in [0.4, 0.5) is 0 Å². The summed E-state index contributed by atoms with van der Waals surface area (Å²) in [6.45, 7) is 91.5. The fourth-order valence-corrected chi connectivity index (χ4v) is 8.20. The molecule has 18 heteroatoms. The molecular weight excluding hydrogens is 1780 g/mol. The second-order valence-electron chi connectivity index (χ2n) is 28.9. The highest BCUT2D eigenvalue weighted by Gasteiger charge is 2.27. The fourth-order valence-electron chi connectivity index (χ4n) is 8.20. The van der Waals surface area contributed by atoms with Crippen molar-refractivity contribution < 1.29 is 86.0 Å². The van der Waals surface area contributed by atoms with E-state index in [1.54, 1.807) is 12.2 Å². The standard InChI is InChI=1S/2C12H16O3.2C12H14O2.4C9H10O2.8C3H8.8C2H6/c2*1-2-8-14-9-11(13)10-15-12-6-4-3-5-7-12;2*1-2-5-10-6-3-4-7-12(10)14-9-11-8-13-11;4*1-2-4-8(5-3-1)10-6-9-7-11-9;8*1-3-2;8*1-2/h2*2-7,11,13H,1,8-10H2;2*2-4,6-7,11H,1,5,8-9H2;4*1-5,9H,6-7H2;8*3H2,1-2H3;8*1-2H3. The third-order valence-corrected chi connectivity index (χ3v) is 14.1. The summed E-state index contributed by atoms with van der Waals surface area (Å²) in [4.78, 5) is 0. The van der Waals surface area contributed by atoms with Gasteiger partial charge in [-0.1, -0.05) is 443 Å². The number of hydrogen-bond donors (Lipinski definition) is 2. The van der Waals surface area contributed by atoms with Gasteiger partial charge in [0.15, 0.2) is 0 Å². The molecule has 2 N–H and O–H groups in total. The van der Waals surface area contributed by atoms with E-state index in [9.17, 15) is 10.2 Å². The maximum atomic E-state index is 9.45. The Morgan fingerprint density at radius 2 is 0.387 bits per heavy atom. The normalized spacial score (nSPS) is 14.2. The van der Waals surface area contributed by atoms with Gasteiger partial charge in [-0.05, 0) is 109 Å². The lowest BCUT2D eigenvalue weighted by Gasteiger charge is -2.11. The third-order valence-electron chi connectivity index (χ3n) is 14.1. The predicted octanol–water partition coefficient (Wildman–Crippen LogP) is 33.0. The monoisotopic (exact) mass is 1990 g/mol. The van der Waals surface area contributed by atoms with Crippen LogP contribution in [-0.2, 0) is 50.7 Å². The maximum absolute atomic E-state index is 9.45. The smallest absolute Gasteiger partial charge is 0.122 e. The number of rotatable bonds is 36. The highest BCUT2D eigenvalue weighted by atomic mass is 16.6. The van der Waals surface area contributed by atoms with E-state index in [4.69, 9.17) is 75.8 Å². The lowest BCUT2D eigenvalue weighted by atomic mass is 10.1. The summed E-state index contributed by atoms with van der Waals surface area (Å²) in [5.41, 5.74) is 2.37. The molecule has 6 aliphatic rings. The largest absolute Gasteiger partial charge is 0.491 e. The van der Waals surface area contributed by atoms with E-state index in [2.05, 4.69) is 149 Å². The molecule has 8 unspecified atom stereocenters. The Hall–Kier alpha value is -9.28. The average Bonchev–Trinajstić information content (AvgIpc) is 1.70. The molecule has 6 saturated heterocycles. The summed E-state index contributed by atoms with van der Waals surface area (Å²) in [5.74, 6) is 7.07. The minimum atomic E-state index is -0.606. The number of aliphatic hydroxyl groups excluding tert-OH is 2. The van der Waals surface area contributed by atoms with E-state index in [0.29, 0.717) is 89.5 Å². The van der Waals surface area contributed by atoms with Gasteiger partial charge in [-0.3, -0.25) is 0 Å². The van der Waals surface area contributed by atoms with Gasteiger partial charge >= 0.3 is 0 Å². The summed E-state index contributed by atoms with van der Waals surface area (Å²) in [7, 11) is 0. The van der Waals surface area contributed by atoms with Crippen molar-refractivity contribution in [3.8, 4) is 46.0 Å². The van der Waals surface area contributed by atoms with Gasteiger partial charge in [-0.25, -0.2) is 0 Å². The molecule has 6 heterocycles. The molecule has 0 bridgehead atoms. The molecule has 142 heavy (non-hydrogen) atoms. The molecule has 0 aliphatic carbocycles. The average molecular weight is 1990 g/mol. The Morgan fingerprint density at radius 3 is 0.549 bits per heavy atom. The van der Waals surface area contributed by atoms with E-state index in [1.165, 1.54) is 62.5 Å². The van der Waals surface area contributed by atoms with Crippen molar-refractivity contribution in [3.05, 3.63) is 292 Å². The number of allylic oxidation sites excluding steroid dienone is 2. The molecular formula is C124H212O18. The van der Waals surface area contributed by atoms with Crippen LogP contribution >= 0.6 is 0 Å². The van der Waals surface area contributed by atoms with Gasteiger partial charge in [0.05, 0.1) is 66.1 Å². The molecule has 18 nitrogen and oxygen atoms in total. The van der Waals surface area contributed by atoms with Crippen LogP contribution < -0.4 is 37.9 Å². The second kappa shape index (κ2) is 132. The zero-order chi connectivity index (χ0) is 109. The first-order chi connectivity index (χ1) is 69.6. The molecule has 6 fully saturated rings. The molecule has 0 aromatic heterocycles. The van der Waals surface area contributed by atoms with Crippen molar-refractivity contribution in [1.82, 2.24) is 0 Å². The number of para-hydroxylation sites is 8. The summed E-state index contributed by atoms with van der Waals surface area (Å²) < 4.78 is 83.9. The number of benzene rings is 8. The van der Waals surface area contributed by atoms with E-state index in [-0.39, 0.29) is 26.4 Å². The van der Waals surface area contributed by atoms with Crippen molar-refractivity contribution in [2.75, 3.05) is 119 Å². The molecule has 0 amide bonds. The third kappa shape index (κ3) is 121. The minimum absolute atomic E-state index is 0.237. The van der Waals surface area contributed by atoms with Crippen LogP contribution in [0.3, 0.4) is 0 Å². The van der Waals surface area contributed by atoms with Crippen LogP contribution in [0.5, 0.6) is 46.0 Å². The number of hydrogen-bond acceptors (Lipinski definition) is 18. The highest BCUT2D eigenvalue weighted by Crippen LogP contribution is 2.24. The van der Waals surface area contributed by atoms with Gasteiger partial charge < -0.3 is 86.0 Å². The molecule has 6 aliphatic heterocycles. The Labute approximate surface area is 872 Å². The Bertz CT molecular complexity index is 3210. The van der Waals surface area contributed by atoms with E-state index >= 15 is 0 Å². The van der Waals surface area contributed by atoms with Crippen LogP contribution in [0.1, 0.15) is 284 Å². The van der Waals surface area contributed by atoms with Gasteiger partial charge in [0, 0.05) is 0 Å². The van der Waals surface area contributed by atoms with E-state index < -0.39 is 12.2 Å². The zero-order valence-electron chi connectivity index (χ0n) is 95.9. The van der Waals surface area contributed by atoms with Gasteiger partial charge in [-0.2, -0.15) is 0 Å². The molecule has 8 atom stereocenters. The highest BCUT2D eigenvalue weighted by molar-refractivity contribution is 5.36. The first-order valence-corrected chi connectivity index (χ1v) is 53.7. The van der Waals surface area contributed by atoms with Crippen molar-refractivity contribution >= 4 is 0 Å². The maximum Gasteiger partial charge on any atom is 0.122 e. The fraction of sp³-hybridized carbons (Fsp3) is 0.548. The molecule has 8 aromatic carbocycles. The molecule has 0 radical (unpaired) electrons. The molecule has 14 rings (SSSR count). The summed E-state index contributed by atoms with van der Waals surface area (Å²) in [6.07, 6.45) is 19.5. The molecule has 0 spiro atoms. The van der Waals surface area contributed by atoms with Crippen LogP contribution in [0.2, 0.25) is 0 Å². The number of epoxide rings is 6. The van der Waals surface area contributed by atoms with Crippen molar-refractivity contribution in [2.24, 2.45) is 0 Å². The topological polar surface area (TPSA) is 208 Å². The first-order valence-electron chi connectivity index (χ1n) is 53.7. The molecule has 0 saturated carbocycles. The van der Waals surface area contributed by atoms with Crippen LogP contribution in [0.25, 0.3) is 0 Å².